The Labute approximate surface area is 194 Å². The molecule has 2 amide bonds. The lowest BCUT2D eigenvalue weighted by atomic mass is 9.94. The number of halogens is 1. The largest absolute Gasteiger partial charge is 0.364 e. The minimum Gasteiger partial charge on any atom is -0.364 e. The van der Waals surface area contributed by atoms with Crippen LogP contribution in [-0.4, -0.2) is 39.2 Å². The van der Waals surface area contributed by atoms with Gasteiger partial charge >= 0.3 is 0 Å². The highest BCUT2D eigenvalue weighted by molar-refractivity contribution is 7.10. The number of hydrogen-bond donors (Lipinski definition) is 3. The Morgan fingerprint density at radius 1 is 1.30 bits per heavy atom. The number of nitrogens with one attached hydrogen (secondary N) is 2. The number of rotatable bonds is 7. The van der Waals surface area contributed by atoms with Gasteiger partial charge in [0.1, 0.15) is 16.6 Å². The third kappa shape index (κ3) is 5.80. The van der Waals surface area contributed by atoms with Gasteiger partial charge in [0.05, 0.1) is 11.9 Å². The lowest BCUT2D eigenvalue weighted by Gasteiger charge is -2.33. The second-order valence-corrected chi connectivity index (χ2v) is 8.77. The number of aryl methyl sites for hydroxylation is 1. The number of anilines is 4. The summed E-state index contributed by atoms with van der Waals surface area (Å²) in [6.45, 7) is 3.26. The topological polar surface area (TPSA) is 126 Å². The predicted octanol–water partition coefficient (Wildman–Crippen LogP) is 3.47. The van der Waals surface area contributed by atoms with Crippen LogP contribution < -0.4 is 21.3 Å². The van der Waals surface area contributed by atoms with Crippen molar-refractivity contribution in [1.29, 1.82) is 0 Å². The highest BCUT2D eigenvalue weighted by atomic mass is 32.1. The van der Waals surface area contributed by atoms with E-state index >= 15 is 0 Å². The summed E-state index contributed by atoms with van der Waals surface area (Å²) < 4.78 is 17.3. The summed E-state index contributed by atoms with van der Waals surface area (Å²) in [5.41, 5.74) is 6.95. The summed E-state index contributed by atoms with van der Waals surface area (Å²) in [7, 11) is 0. The van der Waals surface area contributed by atoms with Crippen LogP contribution in [0.15, 0.2) is 36.5 Å². The third-order valence-electron chi connectivity index (χ3n) is 5.31. The van der Waals surface area contributed by atoms with E-state index in [9.17, 15) is 14.0 Å². The zero-order valence-corrected chi connectivity index (χ0v) is 18.9. The Morgan fingerprint density at radius 2 is 2.09 bits per heavy atom. The maximum Gasteiger partial charge on any atom is 0.271 e. The van der Waals surface area contributed by atoms with Gasteiger partial charge in [-0.3, -0.25) is 9.59 Å². The van der Waals surface area contributed by atoms with Crippen molar-refractivity contribution in [3.8, 4) is 0 Å². The summed E-state index contributed by atoms with van der Waals surface area (Å²) in [5, 5.41) is 6.64. The molecule has 4 rings (SSSR count). The number of hydrogen-bond acceptors (Lipinski definition) is 8. The molecule has 2 aromatic heterocycles. The van der Waals surface area contributed by atoms with Gasteiger partial charge < -0.3 is 21.3 Å². The molecule has 3 heterocycles. The summed E-state index contributed by atoms with van der Waals surface area (Å²) in [6.07, 6.45) is 3.67. The molecule has 33 heavy (non-hydrogen) atoms. The molecule has 1 atom stereocenters. The average molecular weight is 470 g/mol. The molecule has 0 spiro atoms. The van der Waals surface area contributed by atoms with E-state index in [4.69, 9.17) is 5.73 Å². The second kappa shape index (κ2) is 9.90. The molecular weight excluding hydrogens is 445 g/mol. The molecule has 3 aromatic rings. The number of amides is 2. The first-order chi connectivity index (χ1) is 15.9. The van der Waals surface area contributed by atoms with Crippen molar-refractivity contribution in [1.82, 2.24) is 14.3 Å². The van der Waals surface area contributed by atoms with E-state index < -0.39 is 5.91 Å². The van der Waals surface area contributed by atoms with E-state index in [1.807, 2.05) is 13.0 Å². The molecule has 0 aliphatic carbocycles. The van der Waals surface area contributed by atoms with Crippen LogP contribution in [0.5, 0.6) is 0 Å². The van der Waals surface area contributed by atoms with Crippen molar-refractivity contribution in [2.24, 2.45) is 11.7 Å². The van der Waals surface area contributed by atoms with Crippen molar-refractivity contribution in [2.45, 2.75) is 26.2 Å². The van der Waals surface area contributed by atoms with Crippen LogP contribution >= 0.6 is 11.5 Å². The summed E-state index contributed by atoms with van der Waals surface area (Å²) in [5.74, 6) is -0.137. The van der Waals surface area contributed by atoms with Gasteiger partial charge in [-0.2, -0.15) is 4.37 Å². The normalized spacial score (nSPS) is 15.8. The van der Waals surface area contributed by atoms with E-state index in [1.165, 1.54) is 42.0 Å². The zero-order valence-electron chi connectivity index (χ0n) is 18.0. The van der Waals surface area contributed by atoms with Crippen molar-refractivity contribution in [2.75, 3.05) is 28.6 Å². The fourth-order valence-electron chi connectivity index (χ4n) is 3.79. The summed E-state index contributed by atoms with van der Waals surface area (Å²) in [4.78, 5) is 35.2. The first-order valence-electron chi connectivity index (χ1n) is 10.5. The number of carbonyl (C=O) groups excluding carboxylic acids is 2. The molecule has 1 aromatic carbocycles. The van der Waals surface area contributed by atoms with Crippen LogP contribution in [0.1, 0.15) is 35.4 Å². The number of nitrogens with zero attached hydrogens (tertiary/aromatic N) is 4. The molecule has 0 radical (unpaired) electrons. The number of piperidine rings is 1. The lowest BCUT2D eigenvalue weighted by Crippen LogP contribution is -2.37. The number of benzene rings is 1. The van der Waals surface area contributed by atoms with Crippen molar-refractivity contribution in [3.05, 3.63) is 53.7 Å². The van der Waals surface area contributed by atoms with E-state index in [0.29, 0.717) is 24.5 Å². The van der Waals surface area contributed by atoms with Gasteiger partial charge in [0.2, 0.25) is 5.91 Å². The monoisotopic (exact) mass is 469 g/mol. The smallest absolute Gasteiger partial charge is 0.271 e. The van der Waals surface area contributed by atoms with E-state index in [0.717, 1.165) is 30.1 Å². The quantitative estimate of drug-likeness (QED) is 0.484. The average Bonchev–Trinajstić information content (AvgIpc) is 3.19. The van der Waals surface area contributed by atoms with Gasteiger partial charge in [0.15, 0.2) is 11.5 Å². The van der Waals surface area contributed by atoms with Gasteiger partial charge in [-0.25, -0.2) is 14.4 Å². The molecule has 0 bridgehead atoms. The molecule has 0 saturated carbocycles. The Balaban J connectivity index is 1.44. The Kier molecular flexibility index (Phi) is 6.78. The Hall–Kier alpha value is -3.60. The molecule has 172 valence electrons. The van der Waals surface area contributed by atoms with Gasteiger partial charge in [-0.15, -0.1) is 0 Å². The molecule has 1 fully saturated rings. The highest BCUT2D eigenvalue weighted by Gasteiger charge is 2.25. The minimum atomic E-state index is -0.674. The third-order valence-corrected chi connectivity index (χ3v) is 6.10. The summed E-state index contributed by atoms with van der Waals surface area (Å²) >= 11 is 1.26. The Morgan fingerprint density at radius 3 is 2.79 bits per heavy atom. The molecule has 1 aliphatic rings. The van der Waals surface area contributed by atoms with Crippen LogP contribution in [-0.2, 0) is 4.79 Å². The SMILES string of the molecule is Cc1cc(Nc2nc(N3CCC[C@@H](CC(=O)Nc4ccc(F)cc4)C3)cnc2C(N)=O)sn1. The fourth-order valence-corrected chi connectivity index (χ4v) is 4.45. The molecular formula is C22H24FN7O2S. The second-order valence-electron chi connectivity index (χ2n) is 7.96. The zero-order chi connectivity index (χ0) is 23.4. The van der Waals surface area contributed by atoms with Crippen LogP contribution in [0.4, 0.5) is 26.7 Å². The summed E-state index contributed by atoms with van der Waals surface area (Å²) in [6, 6.07) is 7.54. The van der Waals surface area contributed by atoms with Crippen molar-refractivity contribution in [3.63, 3.8) is 0 Å². The molecule has 1 aliphatic heterocycles. The number of aromatic nitrogens is 3. The van der Waals surface area contributed by atoms with Gasteiger partial charge in [0, 0.05) is 25.2 Å². The van der Waals surface area contributed by atoms with E-state index in [-0.39, 0.29) is 29.2 Å². The van der Waals surface area contributed by atoms with E-state index in [1.54, 1.807) is 0 Å². The van der Waals surface area contributed by atoms with E-state index in [2.05, 4.69) is 29.9 Å². The van der Waals surface area contributed by atoms with Gasteiger partial charge in [-0.1, -0.05) is 0 Å². The number of primary amides is 1. The number of nitrogens with two attached hydrogens (primary N) is 1. The maximum atomic E-state index is 13.1. The van der Waals surface area contributed by atoms with Gasteiger partial charge in [0.25, 0.3) is 5.91 Å². The van der Waals surface area contributed by atoms with Crippen LogP contribution in [0.25, 0.3) is 0 Å². The lowest BCUT2D eigenvalue weighted by molar-refractivity contribution is -0.117. The molecule has 1 saturated heterocycles. The van der Waals surface area contributed by atoms with Gasteiger partial charge in [-0.05, 0) is 67.5 Å². The Bertz CT molecular complexity index is 1150. The standard InChI is InChI=1S/C22H24FN7O2S/c1-13-9-19(33-29-13)28-22-20(21(24)32)25-11-17(27-22)30-8-2-3-14(12-30)10-18(31)26-16-6-4-15(23)5-7-16/h4-7,9,11,14H,2-3,8,10,12H2,1H3,(H2,24,32)(H,26,31)(H,27,28)/t14-/m0/s1. The maximum absolute atomic E-state index is 13.1. The molecule has 9 nitrogen and oxygen atoms in total. The number of carbonyl (C=O) groups is 2. The molecule has 11 heteroatoms. The van der Waals surface area contributed by atoms with Crippen LogP contribution in [0.3, 0.4) is 0 Å². The van der Waals surface area contributed by atoms with Crippen LogP contribution in [0.2, 0.25) is 0 Å². The van der Waals surface area contributed by atoms with Crippen LogP contribution in [0, 0.1) is 18.7 Å². The molecule has 0 unspecified atom stereocenters. The molecule has 4 N–H and O–H groups in total. The van der Waals surface area contributed by atoms with Crippen molar-refractivity contribution >= 4 is 45.7 Å². The van der Waals surface area contributed by atoms with Crippen molar-refractivity contribution < 1.29 is 14.0 Å². The first-order valence-corrected chi connectivity index (χ1v) is 11.3. The highest BCUT2D eigenvalue weighted by Crippen LogP contribution is 2.27. The predicted molar refractivity (Wildman–Crippen MR) is 125 cm³/mol. The first kappa shape index (κ1) is 22.6. The fraction of sp³-hybridized carbons (Fsp3) is 0.318. The minimum absolute atomic E-state index is 0.0528.